The molecule has 0 amide bonds. The number of H-pyrrole nitrogens is 1. The van der Waals surface area contributed by atoms with Crippen LogP contribution < -0.4 is 0 Å². The van der Waals surface area contributed by atoms with Crippen molar-refractivity contribution in [3.8, 4) is 28.3 Å². The number of nitrogens with zero attached hydrogens (tertiary/aromatic N) is 6. The summed E-state index contributed by atoms with van der Waals surface area (Å²) in [6.45, 7) is 0. The number of halogens is 3. The van der Waals surface area contributed by atoms with Crippen LogP contribution >= 0.6 is 0 Å². The first-order chi connectivity index (χ1) is 13.7. The highest BCUT2D eigenvalue weighted by Crippen LogP contribution is 2.31. The summed E-state index contributed by atoms with van der Waals surface area (Å²) in [5, 5.41) is 31.7. The van der Waals surface area contributed by atoms with E-state index in [1.165, 1.54) is 0 Å². The number of aliphatic carboxylic acids is 1. The van der Waals surface area contributed by atoms with E-state index in [0.29, 0.717) is 5.56 Å². The molecule has 0 aliphatic heterocycles. The number of hydrogen-bond acceptors (Lipinski definition) is 5. The van der Waals surface area contributed by atoms with Crippen molar-refractivity contribution in [2.45, 2.75) is 6.18 Å². The maximum absolute atomic E-state index is 10.6. The molecule has 4 heterocycles. The fourth-order valence-electron chi connectivity index (χ4n) is 2.55. The lowest BCUT2D eigenvalue weighted by molar-refractivity contribution is -0.192. The predicted octanol–water partition coefficient (Wildman–Crippen LogP) is 2.63. The average Bonchev–Trinajstić information content (AvgIpc) is 3.41. The molecule has 0 radical (unpaired) electrons. The Morgan fingerprint density at radius 1 is 1.17 bits per heavy atom. The average molecular weight is 403 g/mol. The van der Waals surface area contributed by atoms with Crippen LogP contribution in [0.4, 0.5) is 13.2 Å². The lowest BCUT2D eigenvalue weighted by Crippen LogP contribution is -2.21. The van der Waals surface area contributed by atoms with Crippen LogP contribution in [0.25, 0.3) is 27.8 Å². The zero-order valence-corrected chi connectivity index (χ0v) is 14.7. The van der Waals surface area contributed by atoms with Gasteiger partial charge in [0, 0.05) is 47.9 Å². The molecule has 0 unspecified atom stereocenters. The van der Waals surface area contributed by atoms with Gasteiger partial charge < -0.3 is 5.11 Å². The molecule has 0 spiro atoms. The summed E-state index contributed by atoms with van der Waals surface area (Å²) < 4.78 is 35.2. The number of rotatable bonds is 2. The third-order valence-electron chi connectivity index (χ3n) is 3.82. The molecule has 4 aromatic rings. The first-order valence-electron chi connectivity index (χ1n) is 7.90. The van der Waals surface area contributed by atoms with Gasteiger partial charge in [0.25, 0.3) is 0 Å². The smallest absolute Gasteiger partial charge is 0.475 e. The number of carboxylic acid groups (broad SMARTS) is 1. The number of nitrogens with one attached hydrogen (secondary N) is 1. The van der Waals surface area contributed by atoms with Crippen LogP contribution in [-0.2, 0) is 11.8 Å². The van der Waals surface area contributed by atoms with Crippen LogP contribution in [0.3, 0.4) is 0 Å². The monoisotopic (exact) mass is 403 g/mol. The van der Waals surface area contributed by atoms with E-state index in [2.05, 4.69) is 26.5 Å². The number of aryl methyl sites for hydroxylation is 1. The number of carbonyl (C=O) groups is 1. The number of nitriles is 1. The van der Waals surface area contributed by atoms with Crippen LogP contribution in [0.5, 0.6) is 0 Å². The molecular formula is C17H12F3N7O2. The van der Waals surface area contributed by atoms with Crippen molar-refractivity contribution in [3.63, 3.8) is 0 Å². The summed E-state index contributed by atoms with van der Waals surface area (Å²) in [6, 6.07) is 4.21. The van der Waals surface area contributed by atoms with Crippen LogP contribution in [0.15, 0.2) is 43.2 Å². The van der Waals surface area contributed by atoms with Crippen molar-refractivity contribution >= 4 is 11.5 Å². The van der Waals surface area contributed by atoms with Gasteiger partial charge in [-0.1, -0.05) is 0 Å². The molecule has 0 aliphatic rings. The highest BCUT2D eigenvalue weighted by atomic mass is 19.4. The van der Waals surface area contributed by atoms with Gasteiger partial charge in [-0.15, -0.1) is 0 Å². The van der Waals surface area contributed by atoms with E-state index in [4.69, 9.17) is 9.90 Å². The van der Waals surface area contributed by atoms with Gasteiger partial charge in [0.05, 0.1) is 29.7 Å². The molecule has 0 atom stereocenters. The lowest BCUT2D eigenvalue weighted by Gasteiger charge is -2.06. The quantitative estimate of drug-likeness (QED) is 0.530. The molecule has 0 saturated heterocycles. The summed E-state index contributed by atoms with van der Waals surface area (Å²) in [5.41, 5.74) is 5.09. The zero-order valence-electron chi connectivity index (χ0n) is 14.7. The van der Waals surface area contributed by atoms with Crippen LogP contribution in [0.2, 0.25) is 0 Å². The zero-order chi connectivity index (χ0) is 21.2. The molecule has 148 valence electrons. The van der Waals surface area contributed by atoms with Crippen LogP contribution in [-0.4, -0.2) is 46.8 Å². The second-order valence-electron chi connectivity index (χ2n) is 5.80. The van der Waals surface area contributed by atoms with Crippen molar-refractivity contribution in [3.05, 3.63) is 48.8 Å². The summed E-state index contributed by atoms with van der Waals surface area (Å²) in [5.74, 6) is -2.76. The minimum absolute atomic E-state index is 0.536. The van der Waals surface area contributed by atoms with E-state index in [9.17, 15) is 18.4 Å². The highest BCUT2D eigenvalue weighted by Gasteiger charge is 2.38. The number of alkyl halides is 3. The lowest BCUT2D eigenvalue weighted by atomic mass is 10.0. The van der Waals surface area contributed by atoms with Crippen molar-refractivity contribution in [1.82, 2.24) is 29.6 Å². The van der Waals surface area contributed by atoms with Crippen molar-refractivity contribution in [2.75, 3.05) is 0 Å². The first kappa shape index (κ1) is 19.6. The Morgan fingerprint density at radius 2 is 1.90 bits per heavy atom. The van der Waals surface area contributed by atoms with Crippen molar-refractivity contribution in [1.29, 1.82) is 5.26 Å². The molecule has 12 heteroatoms. The number of hydrogen-bond donors (Lipinski definition) is 2. The standard InChI is InChI=1S/C15H11N7.C2HF3O2/c1-21-8-13(7-19-21)10-2-14(12-4-17-18-5-12)15-11(3-16)6-20-22(15)9-10;3-2(4,5)1(6)7/h2,4-9H,1H3,(H,17,18);(H,6,7). The Labute approximate surface area is 160 Å². The Bertz CT molecular complexity index is 1200. The second kappa shape index (κ2) is 7.47. The SMILES string of the molecule is Cn1cc(-c2cc(-c3cn[nH]c3)c3c(C#N)cnn3c2)cn1.O=C(O)C(F)(F)F. The Morgan fingerprint density at radius 3 is 2.41 bits per heavy atom. The molecule has 0 saturated carbocycles. The Hall–Kier alpha value is -4.14. The third-order valence-corrected chi connectivity index (χ3v) is 3.82. The fraction of sp³-hybridized carbons (Fsp3) is 0.118. The second-order valence-corrected chi connectivity index (χ2v) is 5.80. The van der Waals surface area contributed by atoms with E-state index in [1.807, 2.05) is 25.5 Å². The van der Waals surface area contributed by atoms with E-state index in [-0.39, 0.29) is 0 Å². The minimum atomic E-state index is -5.08. The van der Waals surface area contributed by atoms with Crippen molar-refractivity contribution < 1.29 is 23.1 Å². The predicted molar refractivity (Wildman–Crippen MR) is 93.4 cm³/mol. The number of carboxylic acids is 1. The molecule has 0 aliphatic carbocycles. The number of pyridine rings is 1. The molecular weight excluding hydrogens is 391 g/mol. The van der Waals surface area contributed by atoms with E-state index < -0.39 is 12.1 Å². The van der Waals surface area contributed by atoms with Gasteiger partial charge in [0.1, 0.15) is 6.07 Å². The highest BCUT2D eigenvalue weighted by molar-refractivity contribution is 5.87. The maximum Gasteiger partial charge on any atom is 0.490 e. The van der Waals surface area contributed by atoms with Gasteiger partial charge in [0.15, 0.2) is 0 Å². The molecule has 0 aromatic carbocycles. The van der Waals surface area contributed by atoms with Gasteiger partial charge >= 0.3 is 12.1 Å². The van der Waals surface area contributed by atoms with Gasteiger partial charge in [-0.25, -0.2) is 9.31 Å². The first-order valence-corrected chi connectivity index (χ1v) is 7.90. The molecule has 4 aromatic heterocycles. The molecule has 0 fully saturated rings. The molecule has 0 bridgehead atoms. The fourth-order valence-corrected chi connectivity index (χ4v) is 2.55. The van der Waals surface area contributed by atoms with Crippen molar-refractivity contribution in [2.24, 2.45) is 7.05 Å². The normalized spacial score (nSPS) is 11.0. The van der Waals surface area contributed by atoms with E-state index in [1.54, 1.807) is 34.0 Å². The molecule has 4 rings (SSSR count). The van der Waals surface area contributed by atoms with Gasteiger partial charge in [-0.05, 0) is 6.07 Å². The van der Waals surface area contributed by atoms with E-state index >= 15 is 0 Å². The molecule has 29 heavy (non-hydrogen) atoms. The maximum atomic E-state index is 10.6. The summed E-state index contributed by atoms with van der Waals surface area (Å²) >= 11 is 0. The number of aromatic amines is 1. The summed E-state index contributed by atoms with van der Waals surface area (Å²) in [6.07, 6.45) is 5.67. The number of fused-ring (bicyclic) bond motifs is 1. The van der Waals surface area contributed by atoms with E-state index in [0.717, 1.165) is 27.8 Å². The molecule has 2 N–H and O–H groups in total. The third kappa shape index (κ3) is 4.08. The summed E-state index contributed by atoms with van der Waals surface area (Å²) in [4.78, 5) is 8.90. The van der Waals surface area contributed by atoms with Gasteiger partial charge in [-0.2, -0.15) is 33.7 Å². The largest absolute Gasteiger partial charge is 0.490 e. The Balaban J connectivity index is 0.000000298. The Kier molecular flexibility index (Phi) is 5.05. The van der Waals surface area contributed by atoms with Crippen LogP contribution in [0.1, 0.15) is 5.56 Å². The minimum Gasteiger partial charge on any atom is -0.475 e. The number of aromatic nitrogens is 6. The van der Waals surface area contributed by atoms with Gasteiger partial charge in [0.2, 0.25) is 0 Å². The molecule has 9 nitrogen and oxygen atoms in total. The topological polar surface area (TPSA) is 125 Å². The van der Waals surface area contributed by atoms with Crippen LogP contribution in [0, 0.1) is 11.3 Å². The summed E-state index contributed by atoms with van der Waals surface area (Å²) in [7, 11) is 1.88. The van der Waals surface area contributed by atoms with Gasteiger partial charge in [-0.3, -0.25) is 9.78 Å².